The van der Waals surface area contributed by atoms with Crippen molar-refractivity contribution in [2.24, 2.45) is 0 Å². The lowest BCUT2D eigenvalue weighted by Gasteiger charge is -2.14. The molecule has 1 N–H and O–H groups in total. The van der Waals surface area contributed by atoms with Crippen LogP contribution < -0.4 is 0 Å². The van der Waals surface area contributed by atoms with Gasteiger partial charge in [0.05, 0.1) is 29.4 Å². The van der Waals surface area contributed by atoms with Crippen LogP contribution in [0.25, 0.3) is 10.6 Å². The Morgan fingerprint density at radius 1 is 1.21 bits per heavy atom. The molecular weight excluding hydrogens is 344 g/mol. The number of thiazole rings is 1. The van der Waals surface area contributed by atoms with E-state index in [0.717, 1.165) is 12.1 Å². The molecule has 24 heavy (non-hydrogen) atoms. The maximum absolute atomic E-state index is 12.6. The Balaban J connectivity index is 2.19. The van der Waals surface area contributed by atoms with E-state index >= 15 is 0 Å². The van der Waals surface area contributed by atoms with Gasteiger partial charge in [0.2, 0.25) is 0 Å². The molecule has 2 rings (SSSR count). The van der Waals surface area contributed by atoms with Crippen LogP contribution in [0.15, 0.2) is 24.3 Å². The molecule has 3 nitrogen and oxygen atoms in total. The zero-order valence-electron chi connectivity index (χ0n) is 13.1. The van der Waals surface area contributed by atoms with Crippen LogP contribution >= 0.6 is 11.3 Å². The van der Waals surface area contributed by atoms with Crippen LogP contribution in [-0.4, -0.2) is 35.3 Å². The third-order valence-electron chi connectivity index (χ3n) is 3.47. The molecule has 8 heteroatoms. The smallest absolute Gasteiger partial charge is 0.391 e. The minimum Gasteiger partial charge on any atom is -0.391 e. The van der Waals surface area contributed by atoms with Crippen molar-refractivity contribution in [3.8, 4) is 10.6 Å². The zero-order valence-corrected chi connectivity index (χ0v) is 13.9. The number of halogens is 4. The Morgan fingerprint density at radius 2 is 1.88 bits per heavy atom. The topological polar surface area (TPSA) is 36.4 Å². The molecule has 2 aromatic rings. The molecule has 0 spiro atoms. The van der Waals surface area contributed by atoms with Gasteiger partial charge < -0.3 is 10.0 Å². The van der Waals surface area contributed by atoms with E-state index in [9.17, 15) is 22.7 Å². The monoisotopic (exact) mass is 362 g/mol. The van der Waals surface area contributed by atoms with Crippen molar-refractivity contribution >= 4 is 11.3 Å². The van der Waals surface area contributed by atoms with Crippen molar-refractivity contribution < 1.29 is 22.7 Å². The fourth-order valence-electron chi connectivity index (χ4n) is 2.22. The molecule has 0 fully saturated rings. The molecule has 1 aromatic heterocycles. The third kappa shape index (κ3) is 4.75. The quantitative estimate of drug-likeness (QED) is 0.753. The molecule has 0 radical (unpaired) electrons. The van der Waals surface area contributed by atoms with Gasteiger partial charge in [-0.15, -0.1) is 11.3 Å². The third-order valence-corrected chi connectivity index (χ3v) is 4.61. The first-order valence-corrected chi connectivity index (χ1v) is 8.18. The van der Waals surface area contributed by atoms with Crippen LogP contribution in [0.3, 0.4) is 0 Å². The maximum atomic E-state index is 12.6. The summed E-state index contributed by atoms with van der Waals surface area (Å²) < 4.78 is 50.1. The van der Waals surface area contributed by atoms with Gasteiger partial charge in [-0.2, -0.15) is 13.2 Å². The summed E-state index contributed by atoms with van der Waals surface area (Å²) in [4.78, 5) is 6.99. The molecule has 0 aliphatic rings. The predicted octanol–water partition coefficient (Wildman–Crippen LogP) is 4.11. The Morgan fingerprint density at radius 3 is 2.42 bits per heavy atom. The molecule has 0 saturated heterocycles. The summed E-state index contributed by atoms with van der Waals surface area (Å²) in [6.07, 6.45) is -3.96. The highest BCUT2D eigenvalue weighted by molar-refractivity contribution is 7.15. The van der Waals surface area contributed by atoms with Crippen molar-refractivity contribution in [3.63, 3.8) is 0 Å². The number of hydrogen-bond acceptors (Lipinski definition) is 4. The van der Waals surface area contributed by atoms with E-state index in [0.29, 0.717) is 40.7 Å². The normalized spacial score (nSPS) is 12.1. The first-order chi connectivity index (χ1) is 11.3. The van der Waals surface area contributed by atoms with E-state index in [2.05, 4.69) is 4.98 Å². The molecule has 0 bridgehead atoms. The van der Waals surface area contributed by atoms with E-state index in [1.54, 1.807) is 0 Å². The standard InChI is InChI=1S/C16H18F4N2OS/c1-22(8-2-7-17)9-13-14(10-23)24-15(21-13)11-3-5-12(6-4-11)16(18,19)20/h3-6,23H,2,7-10H2,1H3. The Labute approximate surface area is 141 Å². The minimum absolute atomic E-state index is 0.190. The van der Waals surface area contributed by atoms with Crippen LogP contribution in [0.2, 0.25) is 0 Å². The number of aliphatic hydroxyl groups is 1. The molecule has 0 unspecified atom stereocenters. The number of rotatable bonds is 7. The number of alkyl halides is 4. The first-order valence-electron chi connectivity index (χ1n) is 7.36. The van der Waals surface area contributed by atoms with Crippen LogP contribution in [0.4, 0.5) is 17.6 Å². The van der Waals surface area contributed by atoms with Crippen molar-refractivity contribution in [2.45, 2.75) is 25.7 Å². The summed E-state index contributed by atoms with van der Waals surface area (Å²) in [5, 5.41) is 10.0. The number of aliphatic hydroxyl groups excluding tert-OH is 1. The molecular formula is C16H18F4N2OS. The van der Waals surface area contributed by atoms with Crippen LogP contribution in [0.5, 0.6) is 0 Å². The lowest BCUT2D eigenvalue weighted by molar-refractivity contribution is -0.137. The molecule has 132 valence electrons. The summed E-state index contributed by atoms with van der Waals surface area (Å²) in [6, 6.07) is 4.78. The molecule has 0 aliphatic heterocycles. The second kappa shape index (κ2) is 8.04. The fraction of sp³-hybridized carbons (Fsp3) is 0.438. The van der Waals surface area contributed by atoms with Crippen molar-refractivity contribution in [1.82, 2.24) is 9.88 Å². The highest BCUT2D eigenvalue weighted by Crippen LogP contribution is 2.33. The predicted molar refractivity (Wildman–Crippen MR) is 85.4 cm³/mol. The van der Waals surface area contributed by atoms with Crippen molar-refractivity contribution in [2.75, 3.05) is 20.3 Å². The van der Waals surface area contributed by atoms with Gasteiger partial charge in [-0.25, -0.2) is 4.98 Å². The van der Waals surface area contributed by atoms with Gasteiger partial charge in [0.25, 0.3) is 0 Å². The molecule has 0 aliphatic carbocycles. The van der Waals surface area contributed by atoms with E-state index in [1.165, 1.54) is 23.5 Å². The first kappa shape index (κ1) is 18.8. The van der Waals surface area contributed by atoms with E-state index in [1.807, 2.05) is 11.9 Å². The molecule has 0 atom stereocenters. The van der Waals surface area contributed by atoms with Gasteiger partial charge in [-0.05, 0) is 25.6 Å². The molecule has 0 amide bonds. The lowest BCUT2D eigenvalue weighted by Crippen LogP contribution is -2.20. The Hall–Kier alpha value is -1.51. The van der Waals surface area contributed by atoms with Crippen LogP contribution in [0.1, 0.15) is 22.6 Å². The van der Waals surface area contributed by atoms with Gasteiger partial charge >= 0.3 is 6.18 Å². The molecule has 1 aromatic carbocycles. The van der Waals surface area contributed by atoms with Crippen LogP contribution in [-0.2, 0) is 19.3 Å². The average Bonchev–Trinajstić information content (AvgIpc) is 2.95. The second-order valence-corrected chi connectivity index (χ2v) is 6.49. The van der Waals surface area contributed by atoms with E-state index in [4.69, 9.17) is 0 Å². The second-order valence-electron chi connectivity index (χ2n) is 5.40. The van der Waals surface area contributed by atoms with Gasteiger partial charge in [0.1, 0.15) is 5.01 Å². The van der Waals surface area contributed by atoms with E-state index < -0.39 is 18.4 Å². The number of aromatic nitrogens is 1. The highest BCUT2D eigenvalue weighted by atomic mass is 32.1. The lowest BCUT2D eigenvalue weighted by atomic mass is 10.1. The number of nitrogens with zero attached hydrogens (tertiary/aromatic N) is 2. The van der Waals surface area contributed by atoms with Crippen molar-refractivity contribution in [1.29, 1.82) is 0 Å². The number of hydrogen-bond donors (Lipinski definition) is 1. The van der Waals surface area contributed by atoms with Gasteiger partial charge in [0.15, 0.2) is 0 Å². The minimum atomic E-state index is -4.37. The van der Waals surface area contributed by atoms with Gasteiger partial charge in [-0.1, -0.05) is 12.1 Å². The summed E-state index contributed by atoms with van der Waals surface area (Å²) in [5.74, 6) is 0. The Bertz CT molecular complexity index is 655. The van der Waals surface area contributed by atoms with Crippen LogP contribution in [0, 0.1) is 0 Å². The summed E-state index contributed by atoms with van der Waals surface area (Å²) in [5.41, 5.74) is 0.524. The summed E-state index contributed by atoms with van der Waals surface area (Å²) >= 11 is 1.25. The van der Waals surface area contributed by atoms with Crippen molar-refractivity contribution in [3.05, 3.63) is 40.4 Å². The number of benzene rings is 1. The Kier molecular flexibility index (Phi) is 6.31. The largest absolute Gasteiger partial charge is 0.416 e. The maximum Gasteiger partial charge on any atom is 0.416 e. The fourth-order valence-corrected chi connectivity index (χ4v) is 3.16. The van der Waals surface area contributed by atoms with E-state index in [-0.39, 0.29) is 6.61 Å². The average molecular weight is 362 g/mol. The molecule has 1 heterocycles. The summed E-state index contributed by atoms with van der Waals surface area (Å²) in [6.45, 7) is 0.428. The van der Waals surface area contributed by atoms with Gasteiger partial charge in [0, 0.05) is 18.7 Å². The SMILES string of the molecule is CN(CCCF)Cc1nc(-c2ccc(C(F)(F)F)cc2)sc1CO. The molecule has 0 saturated carbocycles. The summed E-state index contributed by atoms with van der Waals surface area (Å²) in [7, 11) is 1.83. The highest BCUT2D eigenvalue weighted by Gasteiger charge is 2.30. The zero-order chi connectivity index (χ0) is 17.7. The van der Waals surface area contributed by atoms with Gasteiger partial charge in [-0.3, -0.25) is 4.39 Å².